The number of aryl methyl sites for hydroxylation is 1. The molecule has 0 unspecified atom stereocenters. The monoisotopic (exact) mass is 380 g/mol. The first-order valence-electron chi connectivity index (χ1n) is 11.3. The predicted octanol–water partition coefficient (Wildman–Crippen LogP) is 6.86. The fourth-order valence-electron chi connectivity index (χ4n) is 4.21. The minimum absolute atomic E-state index is 0.719. The van der Waals surface area contributed by atoms with Gasteiger partial charge in [0.05, 0.1) is 6.61 Å². The Labute approximate surface area is 171 Å². The highest BCUT2D eigenvalue weighted by atomic mass is 16.5. The van der Waals surface area contributed by atoms with E-state index in [0.29, 0.717) is 0 Å². The van der Waals surface area contributed by atoms with Gasteiger partial charge in [-0.1, -0.05) is 58.8 Å². The smallest absolute Gasteiger partial charge is 0.159 e. The second-order valence-electron chi connectivity index (χ2n) is 8.38. The molecule has 28 heavy (non-hydrogen) atoms. The lowest BCUT2D eigenvalue weighted by molar-refractivity contribution is 0.177. The summed E-state index contributed by atoms with van der Waals surface area (Å²) in [5.41, 5.74) is 2.24. The molecule has 1 aliphatic carbocycles. The van der Waals surface area contributed by atoms with Gasteiger partial charge in [-0.15, -0.1) is 0 Å². The van der Waals surface area contributed by atoms with Crippen LogP contribution in [0.15, 0.2) is 36.7 Å². The number of hydrogen-bond acceptors (Lipinski definition) is 3. The van der Waals surface area contributed by atoms with Crippen molar-refractivity contribution in [3.05, 3.63) is 42.2 Å². The topological polar surface area (TPSA) is 35.0 Å². The van der Waals surface area contributed by atoms with E-state index in [0.717, 1.165) is 48.4 Å². The van der Waals surface area contributed by atoms with Crippen molar-refractivity contribution in [1.29, 1.82) is 0 Å². The lowest BCUT2D eigenvalue weighted by Gasteiger charge is -2.28. The lowest BCUT2D eigenvalue weighted by atomic mass is 9.80. The number of unbranched alkanes of at least 4 members (excludes halogenated alkanes) is 2. The molecule has 0 aliphatic heterocycles. The highest BCUT2D eigenvalue weighted by Gasteiger charge is 2.21. The van der Waals surface area contributed by atoms with Gasteiger partial charge in [-0.25, -0.2) is 9.97 Å². The maximum absolute atomic E-state index is 6.08. The third-order valence-corrected chi connectivity index (χ3v) is 6.02. The molecule has 152 valence electrons. The molecule has 1 saturated carbocycles. The molecule has 1 fully saturated rings. The highest BCUT2D eigenvalue weighted by molar-refractivity contribution is 5.55. The van der Waals surface area contributed by atoms with Crippen LogP contribution in [-0.2, 0) is 6.42 Å². The van der Waals surface area contributed by atoms with Gasteiger partial charge in [-0.3, -0.25) is 0 Å². The van der Waals surface area contributed by atoms with Crippen LogP contribution >= 0.6 is 0 Å². The van der Waals surface area contributed by atoms with Crippen LogP contribution < -0.4 is 4.74 Å². The quantitative estimate of drug-likeness (QED) is 0.422. The lowest BCUT2D eigenvalue weighted by Crippen LogP contribution is -2.20. The molecular weight excluding hydrogens is 344 g/mol. The van der Waals surface area contributed by atoms with E-state index in [1.807, 2.05) is 12.4 Å². The Kier molecular flexibility index (Phi) is 8.32. The third-order valence-electron chi connectivity index (χ3n) is 6.02. The molecule has 0 amide bonds. The van der Waals surface area contributed by atoms with E-state index in [1.165, 1.54) is 56.9 Å². The Morgan fingerprint density at radius 3 is 2.18 bits per heavy atom. The number of hydrogen-bond donors (Lipinski definition) is 0. The van der Waals surface area contributed by atoms with Crippen LogP contribution in [0.4, 0.5) is 0 Å². The average molecular weight is 381 g/mol. The summed E-state index contributed by atoms with van der Waals surface area (Å²) in [6.45, 7) is 5.31. The van der Waals surface area contributed by atoms with Crippen LogP contribution in [0, 0.1) is 11.8 Å². The standard InChI is InChI=1S/C25H36N2O/c1-3-5-6-8-20-9-11-21(12-10-20)19-28-24-15-13-23(14-16-24)25-26-17-22(7-4-2)18-27-25/h13-18,20-21H,3-12,19H2,1-2H3. The van der Waals surface area contributed by atoms with Crippen molar-refractivity contribution in [2.24, 2.45) is 11.8 Å². The number of ether oxygens (including phenoxy) is 1. The number of rotatable bonds is 10. The van der Waals surface area contributed by atoms with Gasteiger partial charge in [0.2, 0.25) is 0 Å². The van der Waals surface area contributed by atoms with Crippen LogP contribution in [0.1, 0.15) is 77.2 Å². The van der Waals surface area contributed by atoms with Crippen molar-refractivity contribution in [1.82, 2.24) is 9.97 Å². The summed E-state index contributed by atoms with van der Waals surface area (Å²) in [6.07, 6.45) is 17.0. The maximum atomic E-state index is 6.08. The molecule has 2 aromatic rings. The summed E-state index contributed by atoms with van der Waals surface area (Å²) in [6, 6.07) is 8.23. The van der Waals surface area contributed by atoms with E-state index < -0.39 is 0 Å². The number of aromatic nitrogens is 2. The zero-order valence-corrected chi connectivity index (χ0v) is 17.7. The SMILES string of the molecule is CCCCCC1CCC(COc2ccc(-c3ncc(CCC)cn3)cc2)CC1. The first-order valence-corrected chi connectivity index (χ1v) is 11.3. The summed E-state index contributed by atoms with van der Waals surface area (Å²) < 4.78 is 6.08. The molecule has 0 radical (unpaired) electrons. The Bertz CT molecular complexity index is 673. The summed E-state index contributed by atoms with van der Waals surface area (Å²) in [7, 11) is 0. The molecule has 0 spiro atoms. The van der Waals surface area contributed by atoms with Gasteiger partial charge in [0.15, 0.2) is 5.82 Å². The van der Waals surface area contributed by atoms with Gasteiger partial charge >= 0.3 is 0 Å². The normalized spacial score (nSPS) is 19.5. The first kappa shape index (κ1) is 20.8. The molecule has 0 bridgehead atoms. The molecule has 3 rings (SSSR count). The summed E-state index contributed by atoms with van der Waals surface area (Å²) >= 11 is 0. The molecule has 1 heterocycles. The van der Waals surface area contributed by atoms with E-state index in [2.05, 4.69) is 48.1 Å². The van der Waals surface area contributed by atoms with E-state index in [4.69, 9.17) is 4.74 Å². The molecule has 1 aliphatic rings. The van der Waals surface area contributed by atoms with Crippen LogP contribution in [0.2, 0.25) is 0 Å². The van der Waals surface area contributed by atoms with Crippen molar-refractivity contribution in [3.63, 3.8) is 0 Å². The minimum atomic E-state index is 0.719. The van der Waals surface area contributed by atoms with Crippen molar-refractivity contribution in [2.75, 3.05) is 6.61 Å². The largest absolute Gasteiger partial charge is 0.493 e. The number of benzene rings is 1. The fourth-order valence-corrected chi connectivity index (χ4v) is 4.21. The Balaban J connectivity index is 1.42. The predicted molar refractivity (Wildman–Crippen MR) is 117 cm³/mol. The summed E-state index contributed by atoms with van der Waals surface area (Å²) in [5.74, 6) is 3.42. The molecule has 1 aromatic carbocycles. The molecule has 3 heteroatoms. The van der Waals surface area contributed by atoms with E-state index >= 15 is 0 Å². The van der Waals surface area contributed by atoms with Gasteiger partial charge in [0.25, 0.3) is 0 Å². The minimum Gasteiger partial charge on any atom is -0.493 e. The van der Waals surface area contributed by atoms with E-state index in [9.17, 15) is 0 Å². The summed E-state index contributed by atoms with van der Waals surface area (Å²) in [4.78, 5) is 9.00. The fraction of sp³-hybridized carbons (Fsp3) is 0.600. The van der Waals surface area contributed by atoms with Gasteiger partial charge in [0, 0.05) is 18.0 Å². The van der Waals surface area contributed by atoms with Crippen LogP contribution in [0.25, 0.3) is 11.4 Å². The van der Waals surface area contributed by atoms with Gasteiger partial charge in [-0.05, 0) is 60.9 Å². The number of nitrogens with zero attached hydrogens (tertiary/aromatic N) is 2. The van der Waals surface area contributed by atoms with Gasteiger partial charge < -0.3 is 4.74 Å². The average Bonchev–Trinajstić information content (AvgIpc) is 2.75. The van der Waals surface area contributed by atoms with Gasteiger partial charge in [-0.2, -0.15) is 0 Å². The van der Waals surface area contributed by atoms with E-state index in [1.54, 1.807) is 0 Å². The van der Waals surface area contributed by atoms with Crippen LogP contribution in [-0.4, -0.2) is 16.6 Å². The van der Waals surface area contributed by atoms with Crippen molar-refractivity contribution in [2.45, 2.75) is 78.1 Å². The van der Waals surface area contributed by atoms with Crippen LogP contribution in [0.3, 0.4) is 0 Å². The zero-order chi connectivity index (χ0) is 19.6. The highest BCUT2D eigenvalue weighted by Crippen LogP contribution is 2.32. The molecule has 1 aromatic heterocycles. The molecule has 0 saturated heterocycles. The summed E-state index contributed by atoms with van der Waals surface area (Å²) in [5, 5.41) is 0. The molecule has 3 nitrogen and oxygen atoms in total. The second kappa shape index (κ2) is 11.2. The molecular formula is C25H36N2O. The second-order valence-corrected chi connectivity index (χ2v) is 8.38. The molecule has 0 atom stereocenters. The molecule has 0 N–H and O–H groups in total. The first-order chi connectivity index (χ1) is 13.8. The Hall–Kier alpha value is -1.90. The van der Waals surface area contributed by atoms with Crippen molar-refractivity contribution >= 4 is 0 Å². The maximum Gasteiger partial charge on any atom is 0.159 e. The van der Waals surface area contributed by atoms with E-state index in [-0.39, 0.29) is 0 Å². The zero-order valence-electron chi connectivity index (χ0n) is 17.7. The van der Waals surface area contributed by atoms with Crippen molar-refractivity contribution in [3.8, 4) is 17.1 Å². The van der Waals surface area contributed by atoms with Gasteiger partial charge in [0.1, 0.15) is 5.75 Å². The van der Waals surface area contributed by atoms with Crippen molar-refractivity contribution < 1.29 is 4.74 Å². The Morgan fingerprint density at radius 1 is 0.857 bits per heavy atom. The van der Waals surface area contributed by atoms with Crippen LogP contribution in [0.5, 0.6) is 5.75 Å². The third kappa shape index (κ3) is 6.32. The Morgan fingerprint density at radius 2 is 1.54 bits per heavy atom.